The van der Waals surface area contributed by atoms with Crippen molar-refractivity contribution in [2.75, 3.05) is 31.2 Å². The number of nitrogens with zero attached hydrogens (tertiary/aromatic N) is 2. The van der Waals surface area contributed by atoms with Gasteiger partial charge < -0.3 is 16.0 Å². The van der Waals surface area contributed by atoms with Crippen molar-refractivity contribution in [2.45, 2.75) is 12.8 Å². The van der Waals surface area contributed by atoms with Gasteiger partial charge in [0.2, 0.25) is 5.91 Å². The Bertz CT molecular complexity index is 997. The number of hydrogen-bond donors (Lipinski definition) is 3. The summed E-state index contributed by atoms with van der Waals surface area (Å²) >= 11 is 0. The van der Waals surface area contributed by atoms with Gasteiger partial charge in [-0.1, -0.05) is 12.1 Å². The first kappa shape index (κ1) is 20.1. The van der Waals surface area contributed by atoms with Crippen molar-refractivity contribution in [1.82, 2.24) is 15.1 Å². The van der Waals surface area contributed by atoms with E-state index in [1.807, 2.05) is 18.2 Å². The third-order valence-corrected chi connectivity index (χ3v) is 5.23. The van der Waals surface area contributed by atoms with Crippen LogP contribution in [-0.4, -0.2) is 41.1 Å². The third-order valence-electron chi connectivity index (χ3n) is 5.23. The molecule has 0 atom stereocenters. The van der Waals surface area contributed by atoms with E-state index >= 15 is 0 Å². The number of rotatable bonds is 3. The molecule has 4 rings (SSSR count). The number of amides is 1. The summed E-state index contributed by atoms with van der Waals surface area (Å²) in [5, 5.41) is 10.9. The molecule has 2 aromatic carbocycles. The number of nitrogen functional groups attached to an aromatic ring is 1. The van der Waals surface area contributed by atoms with E-state index in [9.17, 15) is 9.18 Å². The number of nitrogens with two attached hydrogens (primary N) is 1. The van der Waals surface area contributed by atoms with Crippen LogP contribution in [0.1, 0.15) is 12.8 Å². The molecule has 0 bridgehead atoms. The average molecular weight is 404 g/mol. The molecule has 1 saturated heterocycles. The predicted molar refractivity (Wildman–Crippen MR) is 112 cm³/mol. The molecule has 0 aliphatic carbocycles. The summed E-state index contributed by atoms with van der Waals surface area (Å²) in [7, 11) is 2.07. The number of piperidine rings is 1. The Hall–Kier alpha value is -2.64. The third kappa shape index (κ3) is 3.95. The minimum Gasteiger partial charge on any atom is -0.396 e. The number of likely N-dealkylation sites (tertiary alicyclic amines) is 1. The fourth-order valence-corrected chi connectivity index (χ4v) is 3.49. The first-order chi connectivity index (χ1) is 13.0. The van der Waals surface area contributed by atoms with Gasteiger partial charge in [0.15, 0.2) is 5.82 Å². The van der Waals surface area contributed by atoms with Crippen LogP contribution in [0.3, 0.4) is 0 Å². The Balaban J connectivity index is 0.00000225. The highest BCUT2D eigenvalue weighted by molar-refractivity contribution is 6.01. The van der Waals surface area contributed by atoms with Gasteiger partial charge in [-0.3, -0.25) is 9.89 Å². The van der Waals surface area contributed by atoms with E-state index in [0.717, 1.165) is 48.0 Å². The zero-order valence-electron chi connectivity index (χ0n) is 15.5. The summed E-state index contributed by atoms with van der Waals surface area (Å²) in [6.45, 7) is 1.85. The van der Waals surface area contributed by atoms with E-state index < -0.39 is 5.82 Å². The summed E-state index contributed by atoms with van der Waals surface area (Å²) < 4.78 is 13.8. The number of nitrogens with one attached hydrogen (secondary N) is 2. The van der Waals surface area contributed by atoms with Gasteiger partial charge in [0.25, 0.3) is 0 Å². The van der Waals surface area contributed by atoms with Gasteiger partial charge in [-0.05, 0) is 68.4 Å². The number of H-pyrrole nitrogens is 1. The minimum atomic E-state index is -0.449. The monoisotopic (exact) mass is 403 g/mol. The Kier molecular flexibility index (Phi) is 5.86. The molecule has 1 amide bonds. The molecular formula is C20H23ClFN5O. The lowest BCUT2D eigenvalue weighted by molar-refractivity contribution is -0.121. The lowest BCUT2D eigenvalue weighted by Crippen LogP contribution is -2.36. The number of hydrogen-bond acceptors (Lipinski definition) is 4. The van der Waals surface area contributed by atoms with Gasteiger partial charge in [-0.25, -0.2) is 4.39 Å². The van der Waals surface area contributed by atoms with Gasteiger partial charge in [0, 0.05) is 11.3 Å². The highest BCUT2D eigenvalue weighted by Gasteiger charge is 2.24. The molecule has 1 aliphatic heterocycles. The summed E-state index contributed by atoms with van der Waals surface area (Å²) in [6.07, 6.45) is 1.70. The highest BCUT2D eigenvalue weighted by atomic mass is 35.5. The fourth-order valence-electron chi connectivity index (χ4n) is 3.49. The van der Waals surface area contributed by atoms with Gasteiger partial charge in [-0.2, -0.15) is 5.10 Å². The molecule has 28 heavy (non-hydrogen) atoms. The summed E-state index contributed by atoms with van der Waals surface area (Å²) in [5.41, 5.74) is 8.04. The molecule has 0 saturated carbocycles. The molecular weight excluding hydrogens is 381 g/mol. The van der Waals surface area contributed by atoms with Crippen LogP contribution in [0.25, 0.3) is 22.0 Å². The Morgan fingerprint density at radius 3 is 2.61 bits per heavy atom. The molecule has 8 heteroatoms. The van der Waals surface area contributed by atoms with E-state index in [0.29, 0.717) is 5.82 Å². The fraction of sp³-hybridized carbons (Fsp3) is 0.300. The van der Waals surface area contributed by atoms with E-state index in [-0.39, 0.29) is 29.9 Å². The topological polar surface area (TPSA) is 87.0 Å². The van der Waals surface area contributed by atoms with Gasteiger partial charge in [0.05, 0.1) is 11.2 Å². The largest absolute Gasteiger partial charge is 0.396 e. The zero-order chi connectivity index (χ0) is 19.0. The minimum absolute atomic E-state index is 0. The Morgan fingerprint density at radius 1 is 1.21 bits per heavy atom. The first-order valence-corrected chi connectivity index (χ1v) is 9.04. The highest BCUT2D eigenvalue weighted by Crippen LogP contribution is 2.29. The van der Waals surface area contributed by atoms with E-state index in [2.05, 4.69) is 27.5 Å². The van der Waals surface area contributed by atoms with Crippen molar-refractivity contribution in [1.29, 1.82) is 0 Å². The van der Waals surface area contributed by atoms with E-state index in [4.69, 9.17) is 5.73 Å². The van der Waals surface area contributed by atoms with Crippen molar-refractivity contribution in [3.63, 3.8) is 0 Å². The summed E-state index contributed by atoms with van der Waals surface area (Å²) in [4.78, 5) is 14.8. The second-order valence-corrected chi connectivity index (χ2v) is 7.14. The maximum absolute atomic E-state index is 13.8. The van der Waals surface area contributed by atoms with Crippen LogP contribution in [0.5, 0.6) is 0 Å². The molecule has 0 radical (unpaired) electrons. The van der Waals surface area contributed by atoms with Crippen LogP contribution in [-0.2, 0) is 4.79 Å². The van der Waals surface area contributed by atoms with Gasteiger partial charge >= 0.3 is 0 Å². The summed E-state index contributed by atoms with van der Waals surface area (Å²) in [5.74, 6) is 0.0602. The number of halogens is 2. The second-order valence-electron chi connectivity index (χ2n) is 7.14. The number of fused-ring (bicyclic) bond motifs is 1. The SMILES string of the molecule is CN1CCC(C(=O)Nc2n[nH]c3ccc(-c4ccc(N)c(F)c4)cc23)CC1.Cl. The quantitative estimate of drug-likeness (QED) is 0.582. The predicted octanol–water partition coefficient (Wildman–Crippen LogP) is 3.65. The maximum atomic E-state index is 13.8. The molecule has 4 N–H and O–H groups in total. The van der Waals surface area contributed by atoms with Crippen LogP contribution in [0, 0.1) is 11.7 Å². The lowest BCUT2D eigenvalue weighted by atomic mass is 9.96. The molecule has 6 nitrogen and oxygen atoms in total. The first-order valence-electron chi connectivity index (χ1n) is 9.04. The van der Waals surface area contributed by atoms with Crippen molar-refractivity contribution in [2.24, 2.45) is 5.92 Å². The number of carbonyl (C=O) groups is 1. The van der Waals surface area contributed by atoms with Crippen LogP contribution in [0.15, 0.2) is 36.4 Å². The molecule has 1 fully saturated rings. The average Bonchev–Trinajstić information content (AvgIpc) is 3.06. The van der Waals surface area contributed by atoms with Crippen molar-refractivity contribution < 1.29 is 9.18 Å². The van der Waals surface area contributed by atoms with Crippen molar-refractivity contribution in [3.05, 3.63) is 42.2 Å². The molecule has 0 unspecified atom stereocenters. The number of benzene rings is 2. The van der Waals surface area contributed by atoms with Crippen molar-refractivity contribution in [3.8, 4) is 11.1 Å². The lowest BCUT2D eigenvalue weighted by Gasteiger charge is -2.27. The zero-order valence-corrected chi connectivity index (χ0v) is 16.4. The Morgan fingerprint density at radius 2 is 1.89 bits per heavy atom. The number of carbonyl (C=O) groups excluding carboxylic acids is 1. The smallest absolute Gasteiger partial charge is 0.228 e. The molecule has 2 heterocycles. The van der Waals surface area contributed by atoms with Gasteiger partial charge in [0.1, 0.15) is 5.82 Å². The van der Waals surface area contributed by atoms with Crippen LogP contribution >= 0.6 is 12.4 Å². The van der Waals surface area contributed by atoms with Gasteiger partial charge in [-0.15, -0.1) is 12.4 Å². The molecule has 148 valence electrons. The van der Waals surface area contributed by atoms with Crippen LogP contribution in [0.2, 0.25) is 0 Å². The standard InChI is InChI=1S/C20H22FN5O.ClH/c1-26-8-6-12(7-9-26)20(27)23-19-15-10-13(3-5-18(15)24-25-19)14-2-4-17(22)16(21)11-14;/h2-5,10-12H,6-9,22H2,1H3,(H2,23,24,25,27);1H. The molecule has 0 spiro atoms. The van der Waals surface area contributed by atoms with Crippen molar-refractivity contribution >= 4 is 40.7 Å². The number of aromatic amines is 1. The summed E-state index contributed by atoms with van der Waals surface area (Å²) in [6, 6.07) is 10.4. The van der Waals surface area contributed by atoms with E-state index in [1.165, 1.54) is 6.07 Å². The van der Waals surface area contributed by atoms with Crippen LogP contribution < -0.4 is 11.1 Å². The second kappa shape index (κ2) is 8.16. The maximum Gasteiger partial charge on any atom is 0.228 e. The molecule has 3 aromatic rings. The number of anilines is 2. The van der Waals surface area contributed by atoms with E-state index in [1.54, 1.807) is 12.1 Å². The van der Waals surface area contributed by atoms with Crippen LogP contribution in [0.4, 0.5) is 15.9 Å². The molecule has 1 aromatic heterocycles. The Labute approximate surface area is 168 Å². The molecule has 1 aliphatic rings. The number of aromatic nitrogens is 2. The normalized spacial score (nSPS) is 15.4.